The lowest BCUT2D eigenvalue weighted by Gasteiger charge is -2.39. The minimum absolute atomic E-state index is 0.233. The van der Waals surface area contributed by atoms with E-state index in [0.717, 1.165) is 70.3 Å². The zero-order valence-electron chi connectivity index (χ0n) is 21.5. The number of aromatic amines is 1. The molecule has 37 heavy (non-hydrogen) atoms. The van der Waals surface area contributed by atoms with E-state index in [1.807, 2.05) is 30.7 Å². The van der Waals surface area contributed by atoms with Crippen molar-refractivity contribution < 1.29 is 0 Å². The summed E-state index contributed by atoms with van der Waals surface area (Å²) in [5.74, 6) is 2.76. The third kappa shape index (κ3) is 3.84. The lowest BCUT2D eigenvalue weighted by Crippen LogP contribution is -2.45. The Hall–Kier alpha value is -3.58. The molecule has 0 radical (unpaired) electrons. The third-order valence-electron chi connectivity index (χ3n) is 8.69. The molecule has 2 fully saturated rings. The zero-order chi connectivity index (χ0) is 25.0. The van der Waals surface area contributed by atoms with Crippen molar-refractivity contribution in [2.24, 2.45) is 11.3 Å². The first-order valence-corrected chi connectivity index (χ1v) is 13.5. The smallest absolute Gasteiger partial charge is 0.163 e. The molecule has 1 unspecified atom stereocenters. The quantitative estimate of drug-likeness (QED) is 0.278. The minimum atomic E-state index is 0.233. The van der Waals surface area contributed by atoms with Gasteiger partial charge in [-0.05, 0) is 60.8 Å². The van der Waals surface area contributed by atoms with E-state index in [1.165, 1.54) is 24.8 Å². The second-order valence-electron chi connectivity index (χ2n) is 11.4. The molecule has 1 atom stereocenters. The number of piperidine rings is 1. The number of hydrogen-bond acceptors (Lipinski definition) is 6. The molecular formula is C30H33N7. The van der Waals surface area contributed by atoms with Gasteiger partial charge in [0.1, 0.15) is 11.5 Å². The molecule has 0 amide bonds. The van der Waals surface area contributed by atoms with Gasteiger partial charge in [-0.25, -0.2) is 15.0 Å². The van der Waals surface area contributed by atoms with Crippen molar-refractivity contribution in [1.82, 2.24) is 30.2 Å². The molecule has 1 aromatic carbocycles. The molecule has 188 valence electrons. The average Bonchev–Trinajstić information content (AvgIpc) is 3.25. The summed E-state index contributed by atoms with van der Waals surface area (Å²) in [6, 6.07) is 10.4. The molecule has 2 aliphatic rings. The second kappa shape index (κ2) is 8.77. The highest BCUT2D eigenvalue weighted by molar-refractivity contribution is 6.12. The Morgan fingerprint density at radius 2 is 1.92 bits per heavy atom. The van der Waals surface area contributed by atoms with Gasteiger partial charge in [0.2, 0.25) is 0 Å². The highest BCUT2D eigenvalue weighted by Crippen LogP contribution is 2.42. The molecule has 1 aliphatic heterocycles. The van der Waals surface area contributed by atoms with E-state index in [1.54, 1.807) is 0 Å². The summed E-state index contributed by atoms with van der Waals surface area (Å²) in [6.07, 6.45) is 10.6. The predicted octanol–water partition coefficient (Wildman–Crippen LogP) is 6.04. The van der Waals surface area contributed by atoms with E-state index in [9.17, 15) is 0 Å². The Bertz CT molecular complexity index is 1620. The average molecular weight is 492 g/mol. The van der Waals surface area contributed by atoms with Crippen molar-refractivity contribution in [2.45, 2.75) is 45.4 Å². The second-order valence-corrected chi connectivity index (χ2v) is 11.4. The SMILES string of the molecule is CC1(C)CNCCC1CNc1nc(-c2ccnc3[nH]c4ccccc4c23)nc2cncc(C3CCC3)c12. The summed E-state index contributed by atoms with van der Waals surface area (Å²) in [6.45, 7) is 7.73. The first-order valence-electron chi connectivity index (χ1n) is 13.5. The highest BCUT2D eigenvalue weighted by Gasteiger charge is 2.32. The van der Waals surface area contributed by atoms with Crippen LogP contribution in [0.1, 0.15) is 51.0 Å². The fourth-order valence-electron chi connectivity index (χ4n) is 6.16. The number of hydrogen-bond donors (Lipinski definition) is 3. The molecule has 5 aromatic rings. The molecule has 0 bridgehead atoms. The summed E-state index contributed by atoms with van der Waals surface area (Å²) in [5.41, 5.74) is 5.34. The van der Waals surface area contributed by atoms with Crippen LogP contribution in [0.3, 0.4) is 0 Å². The molecule has 5 heterocycles. The van der Waals surface area contributed by atoms with Gasteiger partial charge in [-0.1, -0.05) is 38.5 Å². The Labute approximate surface area is 216 Å². The Morgan fingerprint density at radius 1 is 1.03 bits per heavy atom. The predicted molar refractivity (Wildman–Crippen MR) is 150 cm³/mol. The molecule has 1 saturated heterocycles. The van der Waals surface area contributed by atoms with Crippen molar-refractivity contribution in [1.29, 1.82) is 0 Å². The van der Waals surface area contributed by atoms with Crippen LogP contribution in [0.25, 0.3) is 44.2 Å². The lowest BCUT2D eigenvalue weighted by molar-refractivity contribution is 0.166. The van der Waals surface area contributed by atoms with E-state index in [4.69, 9.17) is 9.97 Å². The first-order chi connectivity index (χ1) is 18.1. The van der Waals surface area contributed by atoms with E-state index in [-0.39, 0.29) is 5.41 Å². The lowest BCUT2D eigenvalue weighted by atomic mass is 9.74. The molecule has 1 aliphatic carbocycles. The van der Waals surface area contributed by atoms with E-state index < -0.39 is 0 Å². The van der Waals surface area contributed by atoms with Crippen molar-refractivity contribution in [3.8, 4) is 11.4 Å². The van der Waals surface area contributed by atoms with Crippen LogP contribution in [-0.4, -0.2) is 44.6 Å². The first kappa shape index (κ1) is 22.6. The number of nitrogens with zero attached hydrogens (tertiary/aromatic N) is 4. The fourth-order valence-corrected chi connectivity index (χ4v) is 6.16. The Morgan fingerprint density at radius 3 is 2.76 bits per heavy atom. The van der Waals surface area contributed by atoms with Gasteiger partial charge < -0.3 is 15.6 Å². The number of H-pyrrole nitrogens is 1. The van der Waals surface area contributed by atoms with Crippen molar-refractivity contribution in [3.05, 3.63) is 54.5 Å². The van der Waals surface area contributed by atoms with Gasteiger partial charge in [0.15, 0.2) is 5.82 Å². The minimum Gasteiger partial charge on any atom is -0.369 e. The summed E-state index contributed by atoms with van der Waals surface area (Å²) in [4.78, 5) is 23.0. The summed E-state index contributed by atoms with van der Waals surface area (Å²) in [7, 11) is 0. The maximum atomic E-state index is 5.23. The van der Waals surface area contributed by atoms with Crippen LogP contribution in [-0.2, 0) is 0 Å². The molecular weight excluding hydrogens is 458 g/mol. The van der Waals surface area contributed by atoms with Gasteiger partial charge in [0, 0.05) is 52.7 Å². The maximum Gasteiger partial charge on any atom is 0.163 e. The Kier molecular flexibility index (Phi) is 5.36. The third-order valence-corrected chi connectivity index (χ3v) is 8.69. The summed E-state index contributed by atoms with van der Waals surface area (Å²) >= 11 is 0. The standard InChI is InChI=1S/C30H33N7/c1-30(2)17-31-12-10-19(30)14-34-29-26-22(18-6-5-7-18)15-32-16-24(26)36-27(37-29)21-11-13-33-28-25(21)20-8-3-4-9-23(20)35-28/h3-4,8-9,11,13,15-16,18-19,31H,5-7,10,12,14,17H2,1-2H3,(H,33,35)(H,34,36,37). The van der Waals surface area contributed by atoms with Gasteiger partial charge >= 0.3 is 0 Å². The number of aromatic nitrogens is 5. The normalized spacial score (nSPS) is 19.9. The topological polar surface area (TPSA) is 91.4 Å². The molecule has 1 saturated carbocycles. The van der Waals surface area contributed by atoms with Crippen molar-refractivity contribution in [3.63, 3.8) is 0 Å². The van der Waals surface area contributed by atoms with Crippen LogP contribution >= 0.6 is 0 Å². The number of para-hydroxylation sites is 1. The monoisotopic (exact) mass is 491 g/mol. The molecule has 7 heteroatoms. The van der Waals surface area contributed by atoms with E-state index >= 15 is 0 Å². The van der Waals surface area contributed by atoms with E-state index in [2.05, 4.69) is 57.6 Å². The number of nitrogens with one attached hydrogen (secondary N) is 3. The van der Waals surface area contributed by atoms with Gasteiger partial charge in [0.05, 0.1) is 11.7 Å². The number of pyridine rings is 2. The largest absolute Gasteiger partial charge is 0.369 e. The summed E-state index contributed by atoms with van der Waals surface area (Å²) in [5, 5.41) is 10.7. The maximum absolute atomic E-state index is 5.23. The van der Waals surface area contributed by atoms with Crippen LogP contribution in [0.4, 0.5) is 5.82 Å². The van der Waals surface area contributed by atoms with E-state index in [0.29, 0.717) is 17.7 Å². The Balaban J connectivity index is 1.39. The van der Waals surface area contributed by atoms with Crippen molar-refractivity contribution in [2.75, 3.05) is 25.0 Å². The van der Waals surface area contributed by atoms with Gasteiger partial charge in [-0.3, -0.25) is 4.98 Å². The molecule has 4 aromatic heterocycles. The summed E-state index contributed by atoms with van der Waals surface area (Å²) < 4.78 is 0. The van der Waals surface area contributed by atoms with Crippen LogP contribution < -0.4 is 10.6 Å². The van der Waals surface area contributed by atoms with Gasteiger partial charge in [0.25, 0.3) is 0 Å². The highest BCUT2D eigenvalue weighted by atomic mass is 15.0. The molecule has 0 spiro atoms. The van der Waals surface area contributed by atoms with Crippen LogP contribution in [0.5, 0.6) is 0 Å². The molecule has 7 nitrogen and oxygen atoms in total. The number of fused-ring (bicyclic) bond motifs is 4. The number of anilines is 1. The van der Waals surface area contributed by atoms with Crippen LogP contribution in [0, 0.1) is 11.3 Å². The fraction of sp³-hybridized carbons (Fsp3) is 0.400. The van der Waals surface area contributed by atoms with Gasteiger partial charge in [-0.15, -0.1) is 0 Å². The van der Waals surface area contributed by atoms with Gasteiger partial charge in [-0.2, -0.15) is 0 Å². The number of benzene rings is 1. The zero-order valence-corrected chi connectivity index (χ0v) is 21.5. The molecule has 3 N–H and O–H groups in total. The van der Waals surface area contributed by atoms with Crippen LogP contribution in [0.2, 0.25) is 0 Å². The van der Waals surface area contributed by atoms with Crippen molar-refractivity contribution >= 4 is 38.7 Å². The molecule has 7 rings (SSSR count). The van der Waals surface area contributed by atoms with Crippen LogP contribution in [0.15, 0.2) is 48.9 Å². The number of rotatable bonds is 5.